The summed E-state index contributed by atoms with van der Waals surface area (Å²) in [6, 6.07) is 19.2. The first-order chi connectivity index (χ1) is 11.2. The van der Waals surface area contributed by atoms with Crippen LogP contribution in [0.1, 0.15) is 26.3 Å². The number of ketones is 1. The highest BCUT2D eigenvalue weighted by atomic mass is 16.1. The first-order valence-electron chi connectivity index (χ1n) is 7.15. The normalized spacial score (nSPS) is 10.1. The number of pyridine rings is 1. The van der Waals surface area contributed by atoms with Crippen LogP contribution in [0.4, 0.5) is 5.69 Å². The molecule has 1 amide bonds. The molecule has 0 fully saturated rings. The fourth-order valence-electron chi connectivity index (χ4n) is 2.17. The zero-order valence-corrected chi connectivity index (χ0v) is 12.3. The van der Waals surface area contributed by atoms with E-state index in [-0.39, 0.29) is 11.7 Å². The van der Waals surface area contributed by atoms with Gasteiger partial charge in [-0.2, -0.15) is 0 Å². The standard InChI is InChI=1S/C19H14N2O2/c22-18(14-5-2-1-3-6-14)15-8-10-16(11-9-15)19(23)21-17-7-4-12-20-13-17/h1-13H,(H,21,23). The minimum absolute atomic E-state index is 0.0650. The van der Waals surface area contributed by atoms with Gasteiger partial charge in [-0.25, -0.2) is 0 Å². The maximum atomic E-state index is 12.3. The molecule has 23 heavy (non-hydrogen) atoms. The molecule has 0 spiro atoms. The third-order valence-electron chi connectivity index (χ3n) is 3.36. The second-order valence-corrected chi connectivity index (χ2v) is 4.97. The molecule has 0 aliphatic rings. The molecule has 0 saturated carbocycles. The Balaban J connectivity index is 1.74. The molecular weight excluding hydrogens is 288 g/mol. The van der Waals surface area contributed by atoms with E-state index in [4.69, 9.17) is 0 Å². The highest BCUT2D eigenvalue weighted by molar-refractivity contribution is 6.10. The summed E-state index contributed by atoms with van der Waals surface area (Å²) < 4.78 is 0. The lowest BCUT2D eigenvalue weighted by Crippen LogP contribution is -2.12. The average molecular weight is 302 g/mol. The SMILES string of the molecule is O=C(Nc1cccnc1)c1ccc(C(=O)c2ccccc2)cc1. The van der Waals surface area contributed by atoms with Crippen LogP contribution in [0.3, 0.4) is 0 Å². The van der Waals surface area contributed by atoms with Crippen LogP contribution in [0.15, 0.2) is 79.1 Å². The quantitative estimate of drug-likeness (QED) is 0.750. The molecule has 0 atom stereocenters. The van der Waals surface area contributed by atoms with Gasteiger partial charge in [-0.15, -0.1) is 0 Å². The molecule has 0 aliphatic carbocycles. The molecule has 4 heteroatoms. The van der Waals surface area contributed by atoms with E-state index < -0.39 is 0 Å². The van der Waals surface area contributed by atoms with Crippen molar-refractivity contribution in [3.8, 4) is 0 Å². The van der Waals surface area contributed by atoms with Crippen molar-refractivity contribution in [1.82, 2.24) is 4.98 Å². The van der Waals surface area contributed by atoms with Gasteiger partial charge in [0.25, 0.3) is 5.91 Å². The van der Waals surface area contributed by atoms with Gasteiger partial charge < -0.3 is 5.32 Å². The van der Waals surface area contributed by atoms with Crippen LogP contribution < -0.4 is 5.32 Å². The minimum Gasteiger partial charge on any atom is -0.321 e. The van der Waals surface area contributed by atoms with Crippen molar-refractivity contribution in [2.45, 2.75) is 0 Å². The van der Waals surface area contributed by atoms with Gasteiger partial charge in [0.05, 0.1) is 11.9 Å². The summed E-state index contributed by atoms with van der Waals surface area (Å²) in [4.78, 5) is 28.4. The van der Waals surface area contributed by atoms with Crippen LogP contribution >= 0.6 is 0 Å². The molecule has 3 rings (SSSR count). The van der Waals surface area contributed by atoms with Crippen molar-refractivity contribution in [2.75, 3.05) is 5.32 Å². The molecule has 0 aliphatic heterocycles. The number of hydrogen-bond donors (Lipinski definition) is 1. The number of nitrogens with zero attached hydrogens (tertiary/aromatic N) is 1. The van der Waals surface area contributed by atoms with E-state index in [0.717, 1.165) is 0 Å². The van der Waals surface area contributed by atoms with Gasteiger partial charge in [-0.05, 0) is 24.3 Å². The number of rotatable bonds is 4. The number of carbonyl (C=O) groups excluding carboxylic acids is 2. The van der Waals surface area contributed by atoms with Gasteiger partial charge >= 0.3 is 0 Å². The number of hydrogen-bond acceptors (Lipinski definition) is 3. The molecular formula is C19H14N2O2. The number of amides is 1. The Kier molecular flexibility index (Phi) is 4.25. The van der Waals surface area contributed by atoms with Gasteiger partial charge in [0, 0.05) is 22.9 Å². The highest BCUT2D eigenvalue weighted by Crippen LogP contribution is 2.12. The van der Waals surface area contributed by atoms with Crippen LogP contribution in [0.2, 0.25) is 0 Å². The first-order valence-corrected chi connectivity index (χ1v) is 7.15. The summed E-state index contributed by atoms with van der Waals surface area (Å²) >= 11 is 0. The van der Waals surface area contributed by atoms with Crippen molar-refractivity contribution < 1.29 is 9.59 Å². The third-order valence-corrected chi connectivity index (χ3v) is 3.36. The van der Waals surface area contributed by atoms with E-state index in [2.05, 4.69) is 10.3 Å². The Morgan fingerprint density at radius 2 is 1.39 bits per heavy atom. The molecule has 0 radical (unpaired) electrons. The number of aromatic nitrogens is 1. The van der Waals surface area contributed by atoms with Crippen molar-refractivity contribution in [3.05, 3.63) is 95.8 Å². The van der Waals surface area contributed by atoms with Gasteiger partial charge in [0.1, 0.15) is 0 Å². The van der Waals surface area contributed by atoms with Crippen LogP contribution in [-0.4, -0.2) is 16.7 Å². The fourth-order valence-corrected chi connectivity index (χ4v) is 2.17. The molecule has 112 valence electrons. The molecule has 3 aromatic rings. The van der Waals surface area contributed by atoms with E-state index >= 15 is 0 Å². The lowest BCUT2D eigenvalue weighted by molar-refractivity contribution is 0.102. The van der Waals surface area contributed by atoms with Crippen molar-refractivity contribution in [2.24, 2.45) is 0 Å². The summed E-state index contributed by atoms with van der Waals surface area (Å²) in [5.74, 6) is -0.304. The van der Waals surface area contributed by atoms with Crippen LogP contribution in [-0.2, 0) is 0 Å². The van der Waals surface area contributed by atoms with Crippen molar-refractivity contribution in [3.63, 3.8) is 0 Å². The number of nitrogens with one attached hydrogen (secondary N) is 1. The summed E-state index contributed by atoms with van der Waals surface area (Å²) in [5, 5.41) is 2.75. The molecule has 1 N–H and O–H groups in total. The number of carbonyl (C=O) groups is 2. The predicted octanol–water partition coefficient (Wildman–Crippen LogP) is 3.56. The Hall–Kier alpha value is -3.27. The second-order valence-electron chi connectivity index (χ2n) is 4.97. The third kappa shape index (κ3) is 3.49. The van der Waals surface area contributed by atoms with Gasteiger partial charge in [-0.1, -0.05) is 42.5 Å². The summed E-state index contributed by atoms with van der Waals surface area (Å²) in [5.41, 5.74) is 2.29. The Labute approximate surface area is 133 Å². The summed E-state index contributed by atoms with van der Waals surface area (Å²) in [6.07, 6.45) is 3.21. The predicted molar refractivity (Wildman–Crippen MR) is 88.5 cm³/mol. The lowest BCUT2D eigenvalue weighted by Gasteiger charge is -2.06. The van der Waals surface area contributed by atoms with E-state index in [0.29, 0.717) is 22.4 Å². The molecule has 1 aromatic heterocycles. The number of anilines is 1. The van der Waals surface area contributed by atoms with E-state index in [9.17, 15) is 9.59 Å². The summed E-state index contributed by atoms with van der Waals surface area (Å²) in [7, 11) is 0. The Bertz CT molecular complexity index is 813. The monoisotopic (exact) mass is 302 g/mol. The van der Waals surface area contributed by atoms with Crippen LogP contribution in [0, 0.1) is 0 Å². The van der Waals surface area contributed by atoms with Crippen LogP contribution in [0.5, 0.6) is 0 Å². The second kappa shape index (κ2) is 6.66. The molecule has 1 heterocycles. The van der Waals surface area contributed by atoms with Gasteiger partial charge in [0.15, 0.2) is 5.78 Å². The topological polar surface area (TPSA) is 59.1 Å². The minimum atomic E-state index is -0.239. The lowest BCUT2D eigenvalue weighted by atomic mass is 10.0. The van der Waals surface area contributed by atoms with Crippen molar-refractivity contribution in [1.29, 1.82) is 0 Å². The zero-order chi connectivity index (χ0) is 16.1. The van der Waals surface area contributed by atoms with Gasteiger partial charge in [0.2, 0.25) is 0 Å². The largest absolute Gasteiger partial charge is 0.321 e. The first kappa shape index (κ1) is 14.7. The Morgan fingerprint density at radius 1 is 0.739 bits per heavy atom. The average Bonchev–Trinajstić information content (AvgIpc) is 2.63. The van der Waals surface area contributed by atoms with E-state index in [1.54, 1.807) is 60.9 Å². The fraction of sp³-hybridized carbons (Fsp3) is 0. The molecule has 4 nitrogen and oxygen atoms in total. The molecule has 0 bridgehead atoms. The Morgan fingerprint density at radius 3 is 2.04 bits per heavy atom. The van der Waals surface area contributed by atoms with Gasteiger partial charge in [-0.3, -0.25) is 14.6 Å². The van der Waals surface area contributed by atoms with E-state index in [1.807, 2.05) is 18.2 Å². The maximum absolute atomic E-state index is 12.3. The highest BCUT2D eigenvalue weighted by Gasteiger charge is 2.10. The van der Waals surface area contributed by atoms with Crippen LogP contribution in [0.25, 0.3) is 0 Å². The zero-order valence-electron chi connectivity index (χ0n) is 12.3. The molecule has 2 aromatic carbocycles. The van der Waals surface area contributed by atoms with Crippen molar-refractivity contribution >= 4 is 17.4 Å². The maximum Gasteiger partial charge on any atom is 0.255 e. The number of benzene rings is 2. The van der Waals surface area contributed by atoms with E-state index in [1.165, 1.54) is 0 Å². The molecule has 0 unspecified atom stereocenters. The smallest absolute Gasteiger partial charge is 0.255 e. The molecule has 0 saturated heterocycles. The summed E-state index contributed by atoms with van der Waals surface area (Å²) in [6.45, 7) is 0.